The zero-order valence-electron chi connectivity index (χ0n) is 17.7. The molecule has 168 valence electrons. The zero-order chi connectivity index (χ0) is 23.5. The Bertz CT molecular complexity index is 1150. The van der Waals surface area contributed by atoms with Crippen molar-refractivity contribution in [1.29, 1.82) is 0 Å². The van der Waals surface area contributed by atoms with Crippen LogP contribution in [-0.2, 0) is 9.59 Å². The van der Waals surface area contributed by atoms with Gasteiger partial charge in [-0.2, -0.15) is 5.10 Å². The first-order chi connectivity index (χ1) is 16.0. The molecule has 0 saturated heterocycles. The van der Waals surface area contributed by atoms with Crippen LogP contribution in [0.1, 0.15) is 11.1 Å². The van der Waals surface area contributed by atoms with Crippen LogP contribution in [0.4, 0.5) is 0 Å². The molecule has 8 heteroatoms. The van der Waals surface area contributed by atoms with Crippen molar-refractivity contribution in [2.45, 2.75) is 0 Å². The molecule has 3 rings (SSSR count). The monoisotopic (exact) mass is 508 g/mol. The molecule has 0 atom stereocenters. The summed E-state index contributed by atoms with van der Waals surface area (Å²) < 4.78 is 17.0. The van der Waals surface area contributed by atoms with Crippen molar-refractivity contribution in [3.8, 4) is 17.2 Å². The molecule has 7 nitrogen and oxygen atoms in total. The highest BCUT2D eigenvalue weighted by Gasteiger charge is 2.09. The van der Waals surface area contributed by atoms with E-state index in [0.717, 1.165) is 10.0 Å². The van der Waals surface area contributed by atoms with Crippen LogP contribution in [0.5, 0.6) is 17.2 Å². The molecule has 0 spiro atoms. The van der Waals surface area contributed by atoms with E-state index in [1.165, 1.54) is 19.4 Å². The predicted molar refractivity (Wildman–Crippen MR) is 129 cm³/mol. The van der Waals surface area contributed by atoms with Crippen LogP contribution in [0.2, 0.25) is 0 Å². The Morgan fingerprint density at radius 2 is 1.73 bits per heavy atom. The van der Waals surface area contributed by atoms with Crippen molar-refractivity contribution in [2.75, 3.05) is 13.7 Å². The minimum Gasteiger partial charge on any atom is -0.493 e. The molecular weight excluding hydrogens is 488 g/mol. The van der Waals surface area contributed by atoms with Crippen LogP contribution in [0.25, 0.3) is 6.08 Å². The number of esters is 1. The number of nitrogens with zero attached hydrogens (tertiary/aromatic N) is 1. The molecule has 0 saturated carbocycles. The van der Waals surface area contributed by atoms with Crippen molar-refractivity contribution in [1.82, 2.24) is 5.43 Å². The number of nitrogens with one attached hydrogen (secondary N) is 1. The Kier molecular flexibility index (Phi) is 8.79. The van der Waals surface area contributed by atoms with Crippen LogP contribution >= 0.6 is 15.9 Å². The fraction of sp³-hybridized carbons (Fsp3) is 0.0800. The largest absolute Gasteiger partial charge is 0.493 e. The summed E-state index contributed by atoms with van der Waals surface area (Å²) in [4.78, 5) is 24.0. The number of carbonyl (C=O) groups is 2. The molecule has 0 heterocycles. The first-order valence-corrected chi connectivity index (χ1v) is 10.7. The Hall–Kier alpha value is -3.91. The standard InChI is InChI=1S/C25H21BrN2O5/c1-31-23-15-19(16-27-28-24(29)17-32-21-11-9-20(26)10-12-21)7-13-22(23)33-25(30)14-8-18-5-3-2-4-6-18/h2-16H,17H2,1H3,(H,28,29)/b14-8+,27-16-. The van der Waals surface area contributed by atoms with Gasteiger partial charge in [-0.3, -0.25) is 4.79 Å². The molecule has 1 N–H and O–H groups in total. The summed E-state index contributed by atoms with van der Waals surface area (Å²) >= 11 is 3.33. The van der Waals surface area contributed by atoms with Gasteiger partial charge in [0.1, 0.15) is 5.75 Å². The van der Waals surface area contributed by atoms with Crippen LogP contribution in [0.15, 0.2) is 88.4 Å². The predicted octanol–water partition coefficient (Wildman–Crippen LogP) is 4.61. The van der Waals surface area contributed by atoms with Gasteiger partial charge in [0.2, 0.25) is 0 Å². The summed E-state index contributed by atoms with van der Waals surface area (Å²) in [5, 5.41) is 3.91. The molecule has 33 heavy (non-hydrogen) atoms. The highest BCUT2D eigenvalue weighted by Crippen LogP contribution is 2.27. The second-order valence-electron chi connectivity index (χ2n) is 6.61. The molecule has 3 aromatic rings. The van der Waals surface area contributed by atoms with E-state index >= 15 is 0 Å². The van der Waals surface area contributed by atoms with Gasteiger partial charge in [-0.05, 0) is 59.7 Å². The lowest BCUT2D eigenvalue weighted by Crippen LogP contribution is -2.24. The molecular formula is C25H21BrN2O5. The van der Waals surface area contributed by atoms with E-state index < -0.39 is 11.9 Å². The summed E-state index contributed by atoms with van der Waals surface area (Å²) in [6.07, 6.45) is 4.45. The van der Waals surface area contributed by atoms with Gasteiger partial charge in [0.15, 0.2) is 18.1 Å². The topological polar surface area (TPSA) is 86.2 Å². The van der Waals surface area contributed by atoms with E-state index in [1.54, 1.807) is 36.4 Å². The van der Waals surface area contributed by atoms with E-state index in [1.807, 2.05) is 42.5 Å². The van der Waals surface area contributed by atoms with Crippen molar-refractivity contribution in [2.24, 2.45) is 5.10 Å². The average molecular weight is 509 g/mol. The fourth-order valence-corrected chi connectivity index (χ4v) is 2.87. The van der Waals surface area contributed by atoms with Gasteiger partial charge in [-0.15, -0.1) is 0 Å². The van der Waals surface area contributed by atoms with E-state index in [0.29, 0.717) is 17.1 Å². The van der Waals surface area contributed by atoms with Crippen molar-refractivity contribution in [3.63, 3.8) is 0 Å². The fourth-order valence-electron chi connectivity index (χ4n) is 2.61. The third-order valence-electron chi connectivity index (χ3n) is 4.20. The van der Waals surface area contributed by atoms with Crippen molar-refractivity contribution in [3.05, 3.63) is 94.5 Å². The molecule has 0 aliphatic rings. The summed E-state index contributed by atoms with van der Waals surface area (Å²) in [6, 6.07) is 21.5. The number of hydrazone groups is 1. The van der Waals surface area contributed by atoms with Crippen LogP contribution in [0.3, 0.4) is 0 Å². The lowest BCUT2D eigenvalue weighted by molar-refractivity contribution is -0.129. The Morgan fingerprint density at radius 3 is 2.45 bits per heavy atom. The average Bonchev–Trinajstić information content (AvgIpc) is 2.84. The SMILES string of the molecule is COc1cc(/C=N\NC(=O)COc2ccc(Br)cc2)ccc1OC(=O)/C=C/c1ccccc1. The molecule has 0 fully saturated rings. The molecule has 0 aliphatic carbocycles. The van der Waals surface area contributed by atoms with Crippen LogP contribution in [-0.4, -0.2) is 31.8 Å². The maximum Gasteiger partial charge on any atom is 0.336 e. The summed E-state index contributed by atoms with van der Waals surface area (Å²) in [5.41, 5.74) is 3.92. The van der Waals surface area contributed by atoms with Gasteiger partial charge in [0.05, 0.1) is 13.3 Å². The minimum absolute atomic E-state index is 0.173. The summed E-state index contributed by atoms with van der Waals surface area (Å²) in [7, 11) is 1.47. The normalized spacial score (nSPS) is 10.8. The summed E-state index contributed by atoms with van der Waals surface area (Å²) in [6.45, 7) is -0.173. The second kappa shape index (κ2) is 12.2. The number of rotatable bonds is 9. The number of halogens is 1. The van der Waals surface area contributed by atoms with E-state index in [4.69, 9.17) is 14.2 Å². The molecule has 0 aliphatic heterocycles. The Morgan fingerprint density at radius 1 is 0.970 bits per heavy atom. The number of benzene rings is 3. The molecule has 0 radical (unpaired) electrons. The first kappa shape index (κ1) is 23.7. The third-order valence-corrected chi connectivity index (χ3v) is 4.72. The van der Waals surface area contributed by atoms with Crippen LogP contribution < -0.4 is 19.6 Å². The highest BCUT2D eigenvalue weighted by atomic mass is 79.9. The molecule has 0 aromatic heterocycles. The minimum atomic E-state index is -0.531. The Labute approximate surface area is 199 Å². The van der Waals surface area contributed by atoms with Gasteiger partial charge in [0.25, 0.3) is 5.91 Å². The number of ether oxygens (including phenoxy) is 3. The zero-order valence-corrected chi connectivity index (χ0v) is 19.3. The smallest absolute Gasteiger partial charge is 0.336 e. The number of methoxy groups -OCH3 is 1. The van der Waals surface area contributed by atoms with E-state index in [9.17, 15) is 9.59 Å². The van der Waals surface area contributed by atoms with Gasteiger partial charge in [0, 0.05) is 10.5 Å². The summed E-state index contributed by atoms with van der Waals surface area (Å²) in [5.74, 6) is 0.258. The van der Waals surface area contributed by atoms with Gasteiger partial charge in [-0.25, -0.2) is 10.2 Å². The van der Waals surface area contributed by atoms with Gasteiger partial charge >= 0.3 is 5.97 Å². The lowest BCUT2D eigenvalue weighted by atomic mass is 10.2. The van der Waals surface area contributed by atoms with Crippen molar-refractivity contribution >= 4 is 40.1 Å². The molecule has 3 aromatic carbocycles. The van der Waals surface area contributed by atoms with Gasteiger partial charge < -0.3 is 14.2 Å². The molecule has 0 bridgehead atoms. The van der Waals surface area contributed by atoms with E-state index in [2.05, 4.69) is 26.5 Å². The molecule has 1 amide bonds. The molecule has 0 unspecified atom stereocenters. The third kappa shape index (κ3) is 7.93. The van der Waals surface area contributed by atoms with Crippen molar-refractivity contribution < 1.29 is 23.8 Å². The van der Waals surface area contributed by atoms with Gasteiger partial charge in [-0.1, -0.05) is 46.3 Å². The lowest BCUT2D eigenvalue weighted by Gasteiger charge is -2.08. The number of amides is 1. The van der Waals surface area contributed by atoms with E-state index in [-0.39, 0.29) is 12.4 Å². The Balaban J connectivity index is 1.52. The maximum absolute atomic E-state index is 12.1. The number of carbonyl (C=O) groups excluding carboxylic acids is 2. The second-order valence-corrected chi connectivity index (χ2v) is 7.53. The number of hydrogen-bond acceptors (Lipinski definition) is 6. The highest BCUT2D eigenvalue weighted by molar-refractivity contribution is 9.10. The van der Waals surface area contributed by atoms with Crippen LogP contribution in [0, 0.1) is 0 Å². The number of hydrogen-bond donors (Lipinski definition) is 1. The first-order valence-electron chi connectivity index (χ1n) is 9.87. The maximum atomic E-state index is 12.1. The quantitative estimate of drug-likeness (QED) is 0.150.